The normalized spacial score (nSPS) is 10.9. The number of unbranched alkanes of at least 4 members (excludes halogenated alkanes) is 21. The topological polar surface area (TPSA) is 28.3 Å². The average molecular weight is 1060 g/mol. The van der Waals surface area contributed by atoms with Gasteiger partial charge in [0.05, 0.1) is 17.6 Å². The smallest absolute Gasteiger partial charge is 0.150 e. The van der Waals surface area contributed by atoms with Crippen LogP contribution in [0.5, 0.6) is 11.5 Å². The van der Waals surface area contributed by atoms with E-state index < -0.39 is 0 Å². The van der Waals surface area contributed by atoms with Crippen molar-refractivity contribution in [2.45, 2.75) is 188 Å². The van der Waals surface area contributed by atoms with Crippen molar-refractivity contribution in [1.29, 1.82) is 0 Å². The standard InChI is InChI=1S/C64H74Br2N2O2/c1-5-9-13-17-21-25-29-33-41-67-59-39-37-51(65)45-53(59)55-47-57(63(49-61(55)67)69-43-35-31-27-23-19-15-11-7-3)58-48-56-54-46-52(66)38-40-60(54)68(42-34-30-26-22-18-14-10-6-2)62(56)50-64(58)70-44-36-32-28-24-20-16-12-8-4/h3,37-40,45-50H,5-6,8-10,12-14,16-18,20-22,24-26,28-30,32-34,36,41-42,44H2,1-2,4H3. The number of hydrogen-bond acceptors (Lipinski definition) is 2. The highest BCUT2D eigenvalue weighted by Crippen LogP contribution is 2.46. The van der Waals surface area contributed by atoms with Crippen LogP contribution in [0.25, 0.3) is 54.7 Å². The molecule has 70 heavy (non-hydrogen) atoms. The van der Waals surface area contributed by atoms with Gasteiger partial charge in [0.15, 0.2) is 0 Å². The number of aryl methyl sites for hydroxylation is 2. The number of fused-ring (bicyclic) bond motifs is 6. The van der Waals surface area contributed by atoms with Gasteiger partial charge in [-0.15, -0.1) is 6.42 Å². The van der Waals surface area contributed by atoms with Crippen molar-refractivity contribution in [3.63, 3.8) is 0 Å². The molecule has 2 heterocycles. The average Bonchev–Trinajstić information content (AvgIpc) is 3.82. The summed E-state index contributed by atoms with van der Waals surface area (Å²) in [6.07, 6.45) is 38.5. The van der Waals surface area contributed by atoms with Crippen molar-refractivity contribution in [3.05, 3.63) is 69.6 Å². The van der Waals surface area contributed by atoms with E-state index in [4.69, 9.17) is 15.9 Å². The minimum absolute atomic E-state index is 0.642. The van der Waals surface area contributed by atoms with Crippen molar-refractivity contribution in [2.24, 2.45) is 0 Å². The van der Waals surface area contributed by atoms with Crippen molar-refractivity contribution >= 4 is 75.5 Å². The van der Waals surface area contributed by atoms with Crippen LogP contribution in [0.1, 0.15) is 175 Å². The monoisotopic (exact) mass is 1060 g/mol. The van der Waals surface area contributed by atoms with E-state index in [1.54, 1.807) is 0 Å². The molecule has 0 spiro atoms. The Hall–Kier alpha value is -5.16. The lowest BCUT2D eigenvalue weighted by Gasteiger charge is -2.17. The molecule has 4 nitrogen and oxygen atoms in total. The molecule has 0 atom stereocenters. The molecule has 0 bridgehead atoms. The Morgan fingerprint density at radius 3 is 1.27 bits per heavy atom. The second-order valence-electron chi connectivity index (χ2n) is 18.9. The molecule has 4 aromatic carbocycles. The summed E-state index contributed by atoms with van der Waals surface area (Å²) in [7, 11) is 0. The summed E-state index contributed by atoms with van der Waals surface area (Å²) < 4.78 is 20.7. The maximum Gasteiger partial charge on any atom is 0.150 e. The quantitative estimate of drug-likeness (QED) is 0.0332. The molecule has 6 rings (SSSR count). The SMILES string of the molecule is C#CC#CC#CC#CC#COc1cc2c(cc1-c1cc3c4cc(Br)ccc4n(CCCCCCCCCC)c3cc1OCCCCCCCCCC)c1cc(Br)ccc1n2CCCCCCCCCC. The first-order valence-corrected chi connectivity index (χ1v) is 28.3. The molecule has 6 aromatic rings. The molecule has 0 fully saturated rings. The van der Waals surface area contributed by atoms with Crippen LogP contribution in [0, 0.1) is 59.9 Å². The van der Waals surface area contributed by atoms with Gasteiger partial charge in [-0.05, 0) is 91.5 Å². The van der Waals surface area contributed by atoms with Gasteiger partial charge in [0.25, 0.3) is 0 Å². The maximum absolute atomic E-state index is 7.01. The molecular weight excluding hydrogens is 989 g/mol. The molecule has 2 aromatic heterocycles. The number of aromatic nitrogens is 2. The molecule has 0 N–H and O–H groups in total. The highest BCUT2D eigenvalue weighted by molar-refractivity contribution is 9.10. The largest absolute Gasteiger partial charge is 0.493 e. The highest BCUT2D eigenvalue weighted by atomic mass is 79.9. The number of halogens is 2. The summed E-state index contributed by atoms with van der Waals surface area (Å²) in [6, 6.07) is 22.5. The Bertz CT molecular complexity index is 2930. The molecule has 366 valence electrons. The predicted octanol–water partition coefficient (Wildman–Crippen LogP) is 18.9. The molecule has 0 saturated heterocycles. The van der Waals surface area contributed by atoms with Crippen LogP contribution in [0.15, 0.2) is 69.6 Å². The molecule has 0 aliphatic carbocycles. The van der Waals surface area contributed by atoms with E-state index in [2.05, 4.69) is 176 Å². The van der Waals surface area contributed by atoms with Crippen molar-refractivity contribution in [2.75, 3.05) is 6.61 Å². The van der Waals surface area contributed by atoms with Gasteiger partial charge >= 0.3 is 0 Å². The van der Waals surface area contributed by atoms with E-state index in [0.717, 1.165) is 70.1 Å². The Kier molecular flexibility index (Phi) is 23.6. The molecule has 0 amide bonds. The van der Waals surface area contributed by atoms with Gasteiger partial charge < -0.3 is 18.6 Å². The van der Waals surface area contributed by atoms with Gasteiger partial charge in [0.2, 0.25) is 0 Å². The van der Waals surface area contributed by atoms with Crippen LogP contribution in [0.3, 0.4) is 0 Å². The summed E-state index contributed by atoms with van der Waals surface area (Å²) >= 11 is 7.67. The fourth-order valence-corrected chi connectivity index (χ4v) is 10.5. The van der Waals surface area contributed by atoms with Crippen LogP contribution in [-0.2, 0) is 13.1 Å². The number of hydrogen-bond donors (Lipinski definition) is 0. The lowest BCUT2D eigenvalue weighted by Crippen LogP contribution is -2.02. The van der Waals surface area contributed by atoms with E-state index >= 15 is 0 Å². The minimum atomic E-state index is 0.642. The van der Waals surface area contributed by atoms with Crippen LogP contribution >= 0.6 is 31.9 Å². The third kappa shape index (κ3) is 15.9. The molecule has 0 saturated carbocycles. The number of ether oxygens (including phenoxy) is 2. The number of rotatable bonds is 30. The predicted molar refractivity (Wildman–Crippen MR) is 307 cm³/mol. The fourth-order valence-electron chi connectivity index (χ4n) is 9.83. The first-order valence-electron chi connectivity index (χ1n) is 26.8. The molecular formula is C64H74Br2N2O2. The van der Waals surface area contributed by atoms with Crippen molar-refractivity contribution in [3.8, 4) is 82.5 Å². The fraction of sp³-hybridized carbons (Fsp3) is 0.469. The van der Waals surface area contributed by atoms with Gasteiger partial charge in [-0.25, -0.2) is 0 Å². The molecule has 0 aliphatic heterocycles. The lowest BCUT2D eigenvalue weighted by molar-refractivity contribution is 0.305. The van der Waals surface area contributed by atoms with Crippen molar-refractivity contribution in [1.82, 2.24) is 9.13 Å². The molecule has 0 aliphatic rings. The van der Waals surface area contributed by atoms with E-state index in [9.17, 15) is 0 Å². The molecule has 6 heteroatoms. The Morgan fingerprint density at radius 2 is 0.800 bits per heavy atom. The van der Waals surface area contributed by atoms with E-state index in [-0.39, 0.29) is 0 Å². The third-order valence-corrected chi connectivity index (χ3v) is 14.5. The Morgan fingerprint density at radius 1 is 0.414 bits per heavy atom. The first-order chi connectivity index (χ1) is 34.5. The van der Waals surface area contributed by atoms with E-state index in [1.165, 1.54) is 167 Å². The summed E-state index contributed by atoms with van der Waals surface area (Å²) in [4.78, 5) is 0. The van der Waals surface area contributed by atoms with Crippen molar-refractivity contribution < 1.29 is 9.47 Å². The maximum atomic E-state index is 7.01. The number of nitrogens with zero attached hydrogens (tertiary/aromatic N) is 2. The second kappa shape index (κ2) is 30.5. The van der Waals surface area contributed by atoms with Gasteiger partial charge in [-0.1, -0.05) is 187 Å². The summed E-state index contributed by atoms with van der Waals surface area (Å²) in [6.45, 7) is 9.36. The van der Waals surface area contributed by atoms with E-state index in [1.807, 2.05) is 0 Å². The van der Waals surface area contributed by atoms with Gasteiger partial charge in [-0.3, -0.25) is 0 Å². The lowest BCUT2D eigenvalue weighted by atomic mass is 9.98. The second-order valence-corrected chi connectivity index (χ2v) is 20.7. The summed E-state index contributed by atoms with van der Waals surface area (Å²) in [5, 5.41) is 4.79. The highest BCUT2D eigenvalue weighted by Gasteiger charge is 2.22. The molecule has 0 radical (unpaired) electrons. The zero-order valence-electron chi connectivity index (χ0n) is 42.4. The van der Waals surface area contributed by atoms with Crippen LogP contribution in [0.2, 0.25) is 0 Å². The summed E-state index contributed by atoms with van der Waals surface area (Å²) in [5.41, 5.74) is 6.68. The van der Waals surface area contributed by atoms with Crippen LogP contribution < -0.4 is 9.47 Å². The Balaban J connectivity index is 1.45. The van der Waals surface area contributed by atoms with Gasteiger partial charge in [-0.2, -0.15) is 0 Å². The Labute approximate surface area is 438 Å². The number of terminal acetylenes is 1. The zero-order valence-corrected chi connectivity index (χ0v) is 45.6. The van der Waals surface area contributed by atoms with Crippen LogP contribution in [0.4, 0.5) is 0 Å². The molecule has 0 unspecified atom stereocenters. The van der Waals surface area contributed by atoms with E-state index in [0.29, 0.717) is 12.4 Å². The third-order valence-electron chi connectivity index (χ3n) is 13.5. The van der Waals surface area contributed by atoms with Gasteiger partial charge in [0, 0.05) is 102 Å². The number of benzene rings is 4. The summed E-state index contributed by atoms with van der Waals surface area (Å²) in [5.74, 6) is 22.6. The minimum Gasteiger partial charge on any atom is -0.493 e. The van der Waals surface area contributed by atoms with Crippen LogP contribution in [-0.4, -0.2) is 15.7 Å². The first kappa shape index (κ1) is 54.2. The zero-order chi connectivity index (χ0) is 49.2. The van der Waals surface area contributed by atoms with Gasteiger partial charge in [0.1, 0.15) is 17.6 Å².